The minimum absolute atomic E-state index is 0.182. The van der Waals surface area contributed by atoms with Crippen LogP contribution in [0.1, 0.15) is 72.1 Å². The van der Waals surface area contributed by atoms with Gasteiger partial charge in [0.25, 0.3) is 0 Å². The van der Waals surface area contributed by atoms with E-state index in [0.717, 1.165) is 11.8 Å². The second kappa shape index (κ2) is 5.89. The molecule has 1 saturated carbocycles. The van der Waals surface area contributed by atoms with Crippen molar-refractivity contribution in [3.8, 4) is 0 Å². The van der Waals surface area contributed by atoms with Gasteiger partial charge >= 0.3 is 0 Å². The highest BCUT2D eigenvalue weighted by Crippen LogP contribution is 2.37. The standard InChI is InChI=1S/C14H29N/c1-4-13-9-5-6-10-14(13,15)11-7-8-12(2)3/h12-13H,4-11,15H2,1-3H3. The molecule has 0 aromatic heterocycles. The number of hydrogen-bond donors (Lipinski definition) is 1. The van der Waals surface area contributed by atoms with Gasteiger partial charge in [0.1, 0.15) is 0 Å². The molecular weight excluding hydrogens is 182 g/mol. The maximum absolute atomic E-state index is 6.60. The van der Waals surface area contributed by atoms with Crippen LogP contribution in [-0.4, -0.2) is 5.54 Å². The SMILES string of the molecule is CCC1CCCCC1(N)CCCC(C)C. The lowest BCUT2D eigenvalue weighted by Gasteiger charge is -2.41. The van der Waals surface area contributed by atoms with Crippen molar-refractivity contribution < 1.29 is 0 Å². The molecule has 0 spiro atoms. The lowest BCUT2D eigenvalue weighted by Crippen LogP contribution is -2.49. The van der Waals surface area contributed by atoms with E-state index in [4.69, 9.17) is 5.73 Å². The summed E-state index contributed by atoms with van der Waals surface area (Å²) in [5.41, 5.74) is 6.78. The molecular formula is C14H29N. The fourth-order valence-electron chi connectivity index (χ4n) is 3.12. The van der Waals surface area contributed by atoms with E-state index in [-0.39, 0.29) is 5.54 Å². The summed E-state index contributed by atoms with van der Waals surface area (Å²) in [5.74, 6) is 1.62. The van der Waals surface area contributed by atoms with E-state index in [1.54, 1.807) is 0 Å². The van der Waals surface area contributed by atoms with Crippen molar-refractivity contribution in [3.05, 3.63) is 0 Å². The van der Waals surface area contributed by atoms with Crippen LogP contribution < -0.4 is 5.73 Å². The topological polar surface area (TPSA) is 26.0 Å². The van der Waals surface area contributed by atoms with Crippen LogP contribution in [0.4, 0.5) is 0 Å². The number of hydrogen-bond acceptors (Lipinski definition) is 1. The van der Waals surface area contributed by atoms with Crippen molar-refractivity contribution in [3.63, 3.8) is 0 Å². The Morgan fingerprint density at radius 1 is 1.33 bits per heavy atom. The van der Waals surface area contributed by atoms with Gasteiger partial charge in [0.2, 0.25) is 0 Å². The monoisotopic (exact) mass is 211 g/mol. The van der Waals surface area contributed by atoms with Crippen molar-refractivity contribution in [1.82, 2.24) is 0 Å². The summed E-state index contributed by atoms with van der Waals surface area (Å²) < 4.78 is 0. The van der Waals surface area contributed by atoms with E-state index in [2.05, 4.69) is 20.8 Å². The van der Waals surface area contributed by atoms with Crippen LogP contribution >= 0.6 is 0 Å². The van der Waals surface area contributed by atoms with Gasteiger partial charge in [0.05, 0.1) is 0 Å². The molecule has 2 N–H and O–H groups in total. The maximum Gasteiger partial charge on any atom is 0.0182 e. The van der Waals surface area contributed by atoms with Crippen molar-refractivity contribution in [1.29, 1.82) is 0 Å². The summed E-state index contributed by atoms with van der Waals surface area (Å²) in [7, 11) is 0. The van der Waals surface area contributed by atoms with Gasteiger partial charge in [-0.3, -0.25) is 0 Å². The van der Waals surface area contributed by atoms with Crippen molar-refractivity contribution in [2.75, 3.05) is 0 Å². The Hall–Kier alpha value is -0.0400. The third-order valence-electron chi connectivity index (χ3n) is 4.17. The van der Waals surface area contributed by atoms with Crippen LogP contribution in [0.2, 0.25) is 0 Å². The number of rotatable bonds is 5. The molecule has 90 valence electrons. The Kier molecular flexibility index (Phi) is 5.11. The first-order chi connectivity index (χ1) is 7.08. The third kappa shape index (κ3) is 3.79. The zero-order valence-corrected chi connectivity index (χ0v) is 10.9. The van der Waals surface area contributed by atoms with Gasteiger partial charge in [-0.1, -0.05) is 52.9 Å². The lowest BCUT2D eigenvalue weighted by atomic mass is 9.69. The summed E-state index contributed by atoms with van der Waals surface area (Å²) in [4.78, 5) is 0. The highest BCUT2D eigenvalue weighted by molar-refractivity contribution is 4.93. The predicted octanol–water partition coefficient (Wildman–Crippen LogP) is 4.11. The fraction of sp³-hybridized carbons (Fsp3) is 1.00. The second-order valence-electron chi connectivity index (χ2n) is 5.87. The molecule has 0 radical (unpaired) electrons. The minimum Gasteiger partial charge on any atom is -0.325 e. The minimum atomic E-state index is 0.182. The molecule has 1 heteroatoms. The molecule has 1 fully saturated rings. The summed E-state index contributed by atoms with van der Waals surface area (Å²) >= 11 is 0. The Labute approximate surface area is 95.8 Å². The van der Waals surface area contributed by atoms with Crippen LogP contribution in [0.5, 0.6) is 0 Å². The molecule has 1 aliphatic rings. The van der Waals surface area contributed by atoms with Gasteiger partial charge in [-0.2, -0.15) is 0 Å². The van der Waals surface area contributed by atoms with Gasteiger partial charge in [-0.25, -0.2) is 0 Å². The molecule has 0 aromatic rings. The third-order valence-corrected chi connectivity index (χ3v) is 4.17. The van der Waals surface area contributed by atoms with E-state index in [1.807, 2.05) is 0 Å². The van der Waals surface area contributed by atoms with Gasteiger partial charge in [0.15, 0.2) is 0 Å². The van der Waals surface area contributed by atoms with E-state index < -0.39 is 0 Å². The molecule has 0 heterocycles. The highest BCUT2D eigenvalue weighted by Gasteiger charge is 2.35. The van der Waals surface area contributed by atoms with Crippen LogP contribution in [0.25, 0.3) is 0 Å². The average Bonchev–Trinajstić information content (AvgIpc) is 2.17. The second-order valence-corrected chi connectivity index (χ2v) is 5.87. The molecule has 0 bridgehead atoms. The predicted molar refractivity (Wildman–Crippen MR) is 67.9 cm³/mol. The molecule has 2 atom stereocenters. The maximum atomic E-state index is 6.60. The Morgan fingerprint density at radius 3 is 2.67 bits per heavy atom. The van der Waals surface area contributed by atoms with Crippen molar-refractivity contribution in [2.45, 2.75) is 77.7 Å². The highest BCUT2D eigenvalue weighted by atomic mass is 14.8. The van der Waals surface area contributed by atoms with Crippen LogP contribution in [-0.2, 0) is 0 Å². The summed E-state index contributed by atoms with van der Waals surface area (Å²) in [6.07, 6.45) is 10.6. The number of nitrogens with two attached hydrogens (primary N) is 1. The summed E-state index contributed by atoms with van der Waals surface area (Å²) in [5, 5.41) is 0. The Morgan fingerprint density at radius 2 is 2.07 bits per heavy atom. The van der Waals surface area contributed by atoms with Crippen molar-refractivity contribution in [2.24, 2.45) is 17.6 Å². The van der Waals surface area contributed by atoms with Crippen LogP contribution in [0, 0.1) is 11.8 Å². The van der Waals surface area contributed by atoms with E-state index in [0.29, 0.717) is 0 Å². The molecule has 1 aliphatic carbocycles. The van der Waals surface area contributed by atoms with E-state index in [1.165, 1.54) is 51.4 Å². The first-order valence-corrected chi connectivity index (χ1v) is 6.87. The van der Waals surface area contributed by atoms with Crippen LogP contribution in [0.15, 0.2) is 0 Å². The van der Waals surface area contributed by atoms with Gasteiger partial charge < -0.3 is 5.73 Å². The quantitative estimate of drug-likeness (QED) is 0.727. The van der Waals surface area contributed by atoms with E-state index in [9.17, 15) is 0 Å². The molecule has 0 saturated heterocycles. The fourth-order valence-corrected chi connectivity index (χ4v) is 3.12. The first-order valence-electron chi connectivity index (χ1n) is 6.87. The van der Waals surface area contributed by atoms with Gasteiger partial charge in [0, 0.05) is 5.54 Å². The van der Waals surface area contributed by atoms with Crippen LogP contribution in [0.3, 0.4) is 0 Å². The van der Waals surface area contributed by atoms with Gasteiger partial charge in [-0.05, 0) is 31.1 Å². The first kappa shape index (κ1) is 13.0. The molecule has 1 nitrogen and oxygen atoms in total. The largest absolute Gasteiger partial charge is 0.325 e. The molecule has 0 aromatic carbocycles. The molecule has 1 rings (SSSR count). The smallest absolute Gasteiger partial charge is 0.0182 e. The normalized spacial score (nSPS) is 32.2. The Bertz CT molecular complexity index is 176. The molecule has 2 unspecified atom stereocenters. The lowest BCUT2D eigenvalue weighted by molar-refractivity contribution is 0.165. The van der Waals surface area contributed by atoms with E-state index >= 15 is 0 Å². The zero-order chi connectivity index (χ0) is 11.3. The molecule has 0 aliphatic heterocycles. The Balaban J connectivity index is 2.39. The van der Waals surface area contributed by atoms with Gasteiger partial charge in [-0.15, -0.1) is 0 Å². The molecule has 0 amide bonds. The average molecular weight is 211 g/mol. The summed E-state index contributed by atoms with van der Waals surface area (Å²) in [6.45, 7) is 6.92. The summed E-state index contributed by atoms with van der Waals surface area (Å²) in [6, 6.07) is 0. The van der Waals surface area contributed by atoms with Crippen molar-refractivity contribution >= 4 is 0 Å². The zero-order valence-electron chi connectivity index (χ0n) is 10.9. The molecule has 15 heavy (non-hydrogen) atoms.